The van der Waals surface area contributed by atoms with Crippen molar-refractivity contribution in [3.05, 3.63) is 18.2 Å². The van der Waals surface area contributed by atoms with Gasteiger partial charge in [-0.25, -0.2) is 9.97 Å². The summed E-state index contributed by atoms with van der Waals surface area (Å²) in [5, 5.41) is 10.9. The van der Waals surface area contributed by atoms with Gasteiger partial charge in [0.2, 0.25) is 5.75 Å². The molecule has 114 valence electrons. The monoisotopic (exact) mass is 290 g/mol. The standard InChI is InChI=1S/C14H22N6O/c1-5-7-15-13-12(21-4)14(17-9-16-13)18-11-8-20(3)19-10(11)6-2/h8-9H,5-7H2,1-4H3,(H2,15,16,17,18). The van der Waals surface area contributed by atoms with E-state index in [1.807, 2.05) is 13.2 Å². The van der Waals surface area contributed by atoms with E-state index in [1.165, 1.54) is 6.33 Å². The average Bonchev–Trinajstić information content (AvgIpc) is 2.85. The van der Waals surface area contributed by atoms with Gasteiger partial charge in [-0.15, -0.1) is 0 Å². The molecule has 2 N–H and O–H groups in total. The summed E-state index contributed by atoms with van der Waals surface area (Å²) in [5.74, 6) is 1.93. The van der Waals surface area contributed by atoms with E-state index in [2.05, 4.69) is 39.5 Å². The number of hydrogen-bond acceptors (Lipinski definition) is 6. The first-order valence-corrected chi connectivity index (χ1v) is 7.11. The molecule has 0 aliphatic rings. The number of aryl methyl sites for hydroxylation is 2. The van der Waals surface area contributed by atoms with E-state index in [-0.39, 0.29) is 0 Å². The van der Waals surface area contributed by atoms with Crippen molar-refractivity contribution in [2.24, 2.45) is 7.05 Å². The first-order valence-electron chi connectivity index (χ1n) is 7.11. The summed E-state index contributed by atoms with van der Waals surface area (Å²) in [6, 6.07) is 0. The zero-order valence-corrected chi connectivity index (χ0v) is 13.0. The van der Waals surface area contributed by atoms with Crippen LogP contribution >= 0.6 is 0 Å². The highest BCUT2D eigenvalue weighted by molar-refractivity contribution is 5.69. The summed E-state index contributed by atoms with van der Waals surface area (Å²) >= 11 is 0. The Morgan fingerprint density at radius 3 is 2.67 bits per heavy atom. The molecule has 0 amide bonds. The third-order valence-corrected chi connectivity index (χ3v) is 3.04. The molecule has 0 atom stereocenters. The zero-order valence-electron chi connectivity index (χ0n) is 13.0. The third kappa shape index (κ3) is 3.42. The van der Waals surface area contributed by atoms with Crippen LogP contribution in [0.2, 0.25) is 0 Å². The van der Waals surface area contributed by atoms with Crippen LogP contribution in [0.15, 0.2) is 12.5 Å². The smallest absolute Gasteiger partial charge is 0.204 e. The molecule has 0 unspecified atom stereocenters. The van der Waals surface area contributed by atoms with E-state index >= 15 is 0 Å². The first kappa shape index (κ1) is 15.1. The van der Waals surface area contributed by atoms with Crippen LogP contribution in [-0.2, 0) is 13.5 Å². The second-order valence-corrected chi connectivity index (χ2v) is 4.67. The molecular formula is C14H22N6O. The average molecular weight is 290 g/mol. The normalized spacial score (nSPS) is 10.5. The number of methoxy groups -OCH3 is 1. The van der Waals surface area contributed by atoms with Crippen molar-refractivity contribution >= 4 is 17.3 Å². The lowest BCUT2D eigenvalue weighted by atomic mass is 10.3. The molecule has 0 bridgehead atoms. The van der Waals surface area contributed by atoms with Gasteiger partial charge in [0.1, 0.15) is 6.33 Å². The summed E-state index contributed by atoms with van der Waals surface area (Å²) in [6.07, 6.45) is 5.31. The van der Waals surface area contributed by atoms with Crippen LogP contribution in [0, 0.1) is 0 Å². The largest absolute Gasteiger partial charge is 0.490 e. The minimum Gasteiger partial charge on any atom is -0.490 e. The highest BCUT2D eigenvalue weighted by Gasteiger charge is 2.14. The fourth-order valence-electron chi connectivity index (χ4n) is 2.05. The molecule has 2 heterocycles. The lowest BCUT2D eigenvalue weighted by Gasteiger charge is -2.13. The molecule has 0 saturated carbocycles. The maximum absolute atomic E-state index is 5.45. The predicted molar refractivity (Wildman–Crippen MR) is 83.2 cm³/mol. The number of aromatic nitrogens is 4. The number of nitrogens with one attached hydrogen (secondary N) is 2. The van der Waals surface area contributed by atoms with E-state index in [4.69, 9.17) is 4.74 Å². The zero-order chi connectivity index (χ0) is 15.2. The van der Waals surface area contributed by atoms with Gasteiger partial charge in [0.05, 0.1) is 18.5 Å². The topological polar surface area (TPSA) is 76.9 Å². The summed E-state index contributed by atoms with van der Waals surface area (Å²) in [6.45, 7) is 5.00. The Balaban J connectivity index is 2.30. The Morgan fingerprint density at radius 2 is 2.00 bits per heavy atom. The van der Waals surface area contributed by atoms with Crippen molar-refractivity contribution in [2.45, 2.75) is 26.7 Å². The van der Waals surface area contributed by atoms with Crippen LogP contribution in [0.4, 0.5) is 17.3 Å². The molecular weight excluding hydrogens is 268 g/mol. The van der Waals surface area contributed by atoms with Gasteiger partial charge >= 0.3 is 0 Å². The molecule has 7 nitrogen and oxygen atoms in total. The Kier molecular flexibility index (Phi) is 4.97. The highest BCUT2D eigenvalue weighted by Crippen LogP contribution is 2.31. The molecule has 0 radical (unpaired) electrons. The summed E-state index contributed by atoms with van der Waals surface area (Å²) in [7, 11) is 3.51. The third-order valence-electron chi connectivity index (χ3n) is 3.04. The van der Waals surface area contributed by atoms with Gasteiger partial charge in [-0.1, -0.05) is 13.8 Å². The Morgan fingerprint density at radius 1 is 1.24 bits per heavy atom. The van der Waals surface area contributed by atoms with Gasteiger partial charge in [0.25, 0.3) is 0 Å². The molecule has 7 heteroatoms. The quantitative estimate of drug-likeness (QED) is 0.815. The van der Waals surface area contributed by atoms with Gasteiger partial charge in [-0.05, 0) is 12.8 Å². The lowest BCUT2D eigenvalue weighted by molar-refractivity contribution is 0.415. The second kappa shape index (κ2) is 6.92. The number of ether oxygens (including phenoxy) is 1. The number of hydrogen-bond donors (Lipinski definition) is 2. The maximum atomic E-state index is 5.45. The van der Waals surface area contributed by atoms with Gasteiger partial charge in [0, 0.05) is 19.8 Å². The fraction of sp³-hybridized carbons (Fsp3) is 0.500. The van der Waals surface area contributed by atoms with E-state index in [0.717, 1.165) is 30.8 Å². The maximum Gasteiger partial charge on any atom is 0.204 e. The second-order valence-electron chi connectivity index (χ2n) is 4.67. The molecule has 2 aromatic rings. The molecule has 0 fully saturated rings. The molecule has 0 aliphatic heterocycles. The summed E-state index contributed by atoms with van der Waals surface area (Å²) < 4.78 is 7.23. The highest BCUT2D eigenvalue weighted by atomic mass is 16.5. The lowest BCUT2D eigenvalue weighted by Crippen LogP contribution is -2.07. The number of anilines is 3. The van der Waals surface area contributed by atoms with Crippen LogP contribution in [0.5, 0.6) is 5.75 Å². The van der Waals surface area contributed by atoms with Crippen LogP contribution in [-0.4, -0.2) is 33.4 Å². The SMILES string of the molecule is CCCNc1ncnc(Nc2cn(C)nc2CC)c1OC. The predicted octanol–water partition coefficient (Wildman–Crippen LogP) is 2.35. The van der Waals surface area contributed by atoms with Crippen LogP contribution < -0.4 is 15.4 Å². The molecule has 0 aromatic carbocycles. The minimum absolute atomic E-state index is 0.608. The van der Waals surface area contributed by atoms with Crippen molar-refractivity contribution in [2.75, 3.05) is 24.3 Å². The van der Waals surface area contributed by atoms with Gasteiger partial charge in [0.15, 0.2) is 11.6 Å². The van der Waals surface area contributed by atoms with E-state index in [1.54, 1.807) is 11.8 Å². The molecule has 0 aliphatic carbocycles. The summed E-state index contributed by atoms with van der Waals surface area (Å²) in [4.78, 5) is 8.50. The molecule has 0 saturated heterocycles. The Bertz CT molecular complexity index is 595. The molecule has 2 aromatic heterocycles. The van der Waals surface area contributed by atoms with Gasteiger partial charge < -0.3 is 15.4 Å². The van der Waals surface area contributed by atoms with Crippen molar-refractivity contribution in [3.8, 4) is 5.75 Å². The Labute approximate surface area is 124 Å². The van der Waals surface area contributed by atoms with E-state index in [9.17, 15) is 0 Å². The minimum atomic E-state index is 0.608. The summed E-state index contributed by atoms with van der Waals surface area (Å²) in [5.41, 5.74) is 1.92. The Hall–Kier alpha value is -2.31. The molecule has 21 heavy (non-hydrogen) atoms. The molecule has 2 rings (SSSR count). The van der Waals surface area contributed by atoms with Crippen LogP contribution in [0.3, 0.4) is 0 Å². The number of nitrogens with zero attached hydrogens (tertiary/aromatic N) is 4. The van der Waals surface area contributed by atoms with Crippen molar-refractivity contribution in [1.82, 2.24) is 19.7 Å². The van der Waals surface area contributed by atoms with Gasteiger partial charge in [-0.3, -0.25) is 4.68 Å². The van der Waals surface area contributed by atoms with Crippen LogP contribution in [0.1, 0.15) is 26.0 Å². The van der Waals surface area contributed by atoms with Gasteiger partial charge in [-0.2, -0.15) is 5.10 Å². The van der Waals surface area contributed by atoms with Crippen molar-refractivity contribution in [3.63, 3.8) is 0 Å². The fourth-order valence-corrected chi connectivity index (χ4v) is 2.05. The van der Waals surface area contributed by atoms with E-state index < -0.39 is 0 Å². The number of rotatable bonds is 7. The van der Waals surface area contributed by atoms with E-state index in [0.29, 0.717) is 17.4 Å². The first-order chi connectivity index (χ1) is 10.2. The van der Waals surface area contributed by atoms with Crippen LogP contribution in [0.25, 0.3) is 0 Å². The van der Waals surface area contributed by atoms with Crippen molar-refractivity contribution in [1.29, 1.82) is 0 Å². The van der Waals surface area contributed by atoms with Crippen molar-refractivity contribution < 1.29 is 4.74 Å². The molecule has 0 spiro atoms.